The molecule has 0 spiro atoms. The van der Waals surface area contributed by atoms with Crippen LogP contribution in [0.5, 0.6) is 11.5 Å². The molecule has 2 aromatic rings. The molecule has 0 saturated carbocycles. The van der Waals surface area contributed by atoms with Crippen LogP contribution in [0, 0.1) is 6.92 Å². The van der Waals surface area contributed by atoms with Crippen LogP contribution in [-0.2, 0) is 13.2 Å². The van der Waals surface area contributed by atoms with Crippen LogP contribution in [0.3, 0.4) is 0 Å². The normalized spacial score (nSPS) is 10.3. The van der Waals surface area contributed by atoms with Crippen molar-refractivity contribution in [3.8, 4) is 11.5 Å². The number of rotatable bonds is 6. The Balaban J connectivity index is 2.16. The van der Waals surface area contributed by atoms with E-state index in [9.17, 15) is 0 Å². The van der Waals surface area contributed by atoms with Crippen LogP contribution in [-0.4, -0.2) is 19.1 Å². The molecule has 21 heavy (non-hydrogen) atoms. The van der Waals surface area contributed by atoms with E-state index < -0.39 is 0 Å². The van der Waals surface area contributed by atoms with Gasteiger partial charge in [0.25, 0.3) is 0 Å². The zero-order valence-corrected chi connectivity index (χ0v) is 12.6. The Morgan fingerprint density at radius 3 is 2.52 bits per heavy atom. The molecule has 0 radical (unpaired) electrons. The molecule has 1 heterocycles. The van der Waals surface area contributed by atoms with E-state index in [0.29, 0.717) is 13.2 Å². The average molecular weight is 287 g/mol. The number of aryl methyl sites for hydroxylation is 1. The van der Waals surface area contributed by atoms with E-state index in [4.69, 9.17) is 15.2 Å². The van der Waals surface area contributed by atoms with Crippen LogP contribution in [0.4, 0.5) is 5.82 Å². The lowest BCUT2D eigenvalue weighted by Gasteiger charge is -2.15. The van der Waals surface area contributed by atoms with Gasteiger partial charge in [0.05, 0.1) is 12.7 Å². The Morgan fingerprint density at radius 2 is 1.95 bits per heavy atom. The van der Waals surface area contributed by atoms with E-state index in [2.05, 4.69) is 10.3 Å². The third-order valence-corrected chi connectivity index (χ3v) is 3.21. The Kier molecular flexibility index (Phi) is 5.00. The molecule has 1 aromatic heterocycles. The van der Waals surface area contributed by atoms with Crippen molar-refractivity contribution < 1.29 is 9.47 Å². The zero-order valence-electron chi connectivity index (χ0n) is 12.6. The second-order valence-electron chi connectivity index (χ2n) is 4.68. The molecule has 112 valence electrons. The van der Waals surface area contributed by atoms with Gasteiger partial charge in [-0.15, -0.1) is 0 Å². The summed E-state index contributed by atoms with van der Waals surface area (Å²) < 4.78 is 11.1. The van der Waals surface area contributed by atoms with Crippen LogP contribution in [0.25, 0.3) is 0 Å². The molecule has 3 N–H and O–H groups in total. The quantitative estimate of drug-likeness (QED) is 0.854. The van der Waals surface area contributed by atoms with Crippen molar-refractivity contribution in [2.24, 2.45) is 5.73 Å². The first-order valence-corrected chi connectivity index (χ1v) is 6.82. The SMILES string of the molecule is CNc1nc(C)cc(OCc2ccc(OC)cc2)c1CN. The van der Waals surface area contributed by atoms with Gasteiger partial charge in [0.15, 0.2) is 0 Å². The number of benzene rings is 1. The maximum absolute atomic E-state index is 5.91. The molecule has 0 fully saturated rings. The average Bonchev–Trinajstić information content (AvgIpc) is 2.52. The lowest BCUT2D eigenvalue weighted by molar-refractivity contribution is 0.302. The van der Waals surface area contributed by atoms with Crippen LogP contribution < -0.4 is 20.5 Å². The molecular weight excluding hydrogens is 266 g/mol. The van der Waals surface area contributed by atoms with Crippen molar-refractivity contribution in [3.05, 3.63) is 47.2 Å². The highest BCUT2D eigenvalue weighted by Gasteiger charge is 2.10. The van der Waals surface area contributed by atoms with Gasteiger partial charge in [-0.05, 0) is 24.6 Å². The summed E-state index contributed by atoms with van der Waals surface area (Å²) in [4.78, 5) is 4.41. The summed E-state index contributed by atoms with van der Waals surface area (Å²) in [7, 11) is 3.48. The van der Waals surface area contributed by atoms with E-state index in [0.717, 1.165) is 34.1 Å². The number of methoxy groups -OCH3 is 1. The second-order valence-corrected chi connectivity index (χ2v) is 4.68. The highest BCUT2D eigenvalue weighted by Crippen LogP contribution is 2.26. The fourth-order valence-electron chi connectivity index (χ4n) is 2.09. The Labute approximate surface area is 125 Å². The minimum Gasteiger partial charge on any atom is -0.497 e. The molecule has 0 saturated heterocycles. The molecule has 0 atom stereocenters. The predicted octanol–water partition coefficient (Wildman–Crippen LogP) is 2.48. The summed E-state index contributed by atoms with van der Waals surface area (Å²) in [5.41, 5.74) is 8.65. The van der Waals surface area contributed by atoms with Gasteiger partial charge in [-0.1, -0.05) is 12.1 Å². The van der Waals surface area contributed by atoms with Gasteiger partial charge in [0, 0.05) is 25.4 Å². The van der Waals surface area contributed by atoms with Crippen LogP contribution in [0.1, 0.15) is 16.8 Å². The Bertz CT molecular complexity index is 597. The van der Waals surface area contributed by atoms with Crippen molar-refractivity contribution in [1.29, 1.82) is 0 Å². The van der Waals surface area contributed by atoms with Gasteiger partial charge < -0.3 is 20.5 Å². The van der Waals surface area contributed by atoms with Crippen molar-refractivity contribution in [3.63, 3.8) is 0 Å². The maximum atomic E-state index is 5.91. The first-order chi connectivity index (χ1) is 10.2. The summed E-state index contributed by atoms with van der Waals surface area (Å²) in [5, 5.41) is 3.05. The molecular formula is C16H21N3O2. The topological polar surface area (TPSA) is 69.4 Å². The maximum Gasteiger partial charge on any atom is 0.134 e. The monoisotopic (exact) mass is 287 g/mol. The molecule has 2 rings (SSSR count). The van der Waals surface area contributed by atoms with E-state index in [1.807, 2.05) is 44.3 Å². The number of pyridine rings is 1. The fraction of sp³-hybridized carbons (Fsp3) is 0.312. The first-order valence-electron chi connectivity index (χ1n) is 6.82. The molecule has 5 heteroatoms. The molecule has 0 aliphatic heterocycles. The minimum atomic E-state index is 0.376. The standard InChI is InChI=1S/C16H21N3O2/c1-11-8-15(14(9-17)16(18-2)19-11)21-10-12-4-6-13(20-3)7-5-12/h4-8H,9-10,17H2,1-3H3,(H,18,19). The minimum absolute atomic E-state index is 0.376. The Hall–Kier alpha value is -2.27. The first kappa shape index (κ1) is 15.1. The van der Waals surface area contributed by atoms with Crippen LogP contribution in [0.15, 0.2) is 30.3 Å². The second kappa shape index (κ2) is 6.95. The fourth-order valence-corrected chi connectivity index (χ4v) is 2.09. The molecule has 0 unspecified atom stereocenters. The summed E-state index contributed by atoms with van der Waals surface area (Å²) >= 11 is 0. The number of nitrogens with two attached hydrogens (primary N) is 1. The molecule has 0 aliphatic carbocycles. The molecule has 1 aromatic carbocycles. The summed E-state index contributed by atoms with van der Waals surface area (Å²) in [5.74, 6) is 2.37. The third-order valence-electron chi connectivity index (χ3n) is 3.21. The van der Waals surface area contributed by atoms with Crippen LogP contribution >= 0.6 is 0 Å². The van der Waals surface area contributed by atoms with Gasteiger partial charge in [0.1, 0.15) is 23.9 Å². The third kappa shape index (κ3) is 3.64. The van der Waals surface area contributed by atoms with Crippen LogP contribution in [0.2, 0.25) is 0 Å². The van der Waals surface area contributed by atoms with Gasteiger partial charge in [0.2, 0.25) is 0 Å². The number of hydrogen-bond acceptors (Lipinski definition) is 5. The van der Waals surface area contributed by atoms with Crippen molar-refractivity contribution >= 4 is 5.82 Å². The van der Waals surface area contributed by atoms with Gasteiger partial charge >= 0.3 is 0 Å². The lowest BCUT2D eigenvalue weighted by atomic mass is 10.2. The van der Waals surface area contributed by atoms with E-state index in [1.54, 1.807) is 7.11 Å². The number of aromatic nitrogens is 1. The number of hydrogen-bond donors (Lipinski definition) is 2. The molecule has 0 bridgehead atoms. The van der Waals surface area contributed by atoms with Gasteiger partial charge in [-0.3, -0.25) is 0 Å². The van der Waals surface area contributed by atoms with Crippen molar-refractivity contribution in [2.45, 2.75) is 20.1 Å². The number of nitrogens with one attached hydrogen (secondary N) is 1. The van der Waals surface area contributed by atoms with E-state index in [-0.39, 0.29) is 0 Å². The number of ether oxygens (including phenoxy) is 2. The predicted molar refractivity (Wildman–Crippen MR) is 83.7 cm³/mol. The van der Waals surface area contributed by atoms with Crippen molar-refractivity contribution in [1.82, 2.24) is 4.98 Å². The number of nitrogens with zero attached hydrogens (tertiary/aromatic N) is 1. The largest absolute Gasteiger partial charge is 0.497 e. The van der Waals surface area contributed by atoms with E-state index in [1.165, 1.54) is 0 Å². The smallest absolute Gasteiger partial charge is 0.134 e. The summed E-state index contributed by atoms with van der Waals surface area (Å²) in [6.07, 6.45) is 0. The highest BCUT2D eigenvalue weighted by atomic mass is 16.5. The van der Waals surface area contributed by atoms with Crippen molar-refractivity contribution in [2.75, 3.05) is 19.5 Å². The molecule has 5 nitrogen and oxygen atoms in total. The Morgan fingerprint density at radius 1 is 1.24 bits per heavy atom. The molecule has 0 aliphatic rings. The summed E-state index contributed by atoms with van der Waals surface area (Å²) in [6, 6.07) is 9.70. The molecule has 0 amide bonds. The highest BCUT2D eigenvalue weighted by molar-refractivity contribution is 5.52. The summed E-state index contributed by atoms with van der Waals surface area (Å²) in [6.45, 7) is 2.78. The lowest BCUT2D eigenvalue weighted by Crippen LogP contribution is -2.08. The van der Waals surface area contributed by atoms with Gasteiger partial charge in [-0.2, -0.15) is 0 Å². The van der Waals surface area contributed by atoms with E-state index >= 15 is 0 Å². The number of anilines is 1. The van der Waals surface area contributed by atoms with Gasteiger partial charge in [-0.25, -0.2) is 4.98 Å². The zero-order chi connectivity index (χ0) is 15.2.